The second-order valence-corrected chi connectivity index (χ2v) is 6.31. The van der Waals surface area contributed by atoms with Crippen molar-refractivity contribution < 1.29 is 4.79 Å². The fourth-order valence-electron chi connectivity index (χ4n) is 2.15. The number of nitrogens with zero attached hydrogens (tertiary/aromatic N) is 1. The lowest BCUT2D eigenvalue weighted by atomic mass is 10.0. The predicted molar refractivity (Wildman–Crippen MR) is 65.3 cm³/mol. The first-order chi connectivity index (χ1) is 7.26. The van der Waals surface area contributed by atoms with Crippen LogP contribution in [0.15, 0.2) is 5.38 Å². The molecule has 4 nitrogen and oxygen atoms in total. The molecule has 1 aromatic rings. The van der Waals surface area contributed by atoms with E-state index in [1.165, 1.54) is 11.3 Å². The molecule has 1 saturated carbocycles. The predicted octanol–water partition coefficient (Wildman–Crippen LogP) is 1.89. The summed E-state index contributed by atoms with van der Waals surface area (Å²) in [6.07, 6.45) is 0. The van der Waals surface area contributed by atoms with Gasteiger partial charge in [0.1, 0.15) is 5.69 Å². The summed E-state index contributed by atoms with van der Waals surface area (Å²) in [6.45, 7) is 8.64. The minimum Gasteiger partial charge on any atom is -0.375 e. The van der Waals surface area contributed by atoms with Crippen LogP contribution in [0.1, 0.15) is 38.2 Å². The van der Waals surface area contributed by atoms with E-state index in [1.807, 2.05) is 0 Å². The molecule has 16 heavy (non-hydrogen) atoms. The molecule has 1 aromatic heterocycles. The number of carbonyl (C=O) groups excluding carboxylic acids is 1. The molecule has 1 aliphatic carbocycles. The van der Waals surface area contributed by atoms with E-state index in [2.05, 4.69) is 38.0 Å². The SMILES string of the molecule is CC1(C)C(NC(=O)c2csc(N)n2)C1(C)C. The maximum Gasteiger partial charge on any atom is 0.271 e. The first kappa shape index (κ1) is 11.4. The van der Waals surface area contributed by atoms with E-state index < -0.39 is 0 Å². The van der Waals surface area contributed by atoms with Gasteiger partial charge >= 0.3 is 0 Å². The average molecular weight is 239 g/mol. The Kier molecular flexibility index (Phi) is 2.28. The molecule has 0 saturated heterocycles. The van der Waals surface area contributed by atoms with Gasteiger partial charge in [0, 0.05) is 11.4 Å². The highest BCUT2D eigenvalue weighted by Gasteiger charge is 2.65. The summed E-state index contributed by atoms with van der Waals surface area (Å²) in [4.78, 5) is 15.8. The molecule has 88 valence electrons. The Morgan fingerprint density at radius 2 is 2.00 bits per heavy atom. The zero-order chi connectivity index (χ0) is 12.1. The van der Waals surface area contributed by atoms with Crippen LogP contribution in [0.4, 0.5) is 5.13 Å². The van der Waals surface area contributed by atoms with E-state index in [-0.39, 0.29) is 22.8 Å². The molecule has 1 heterocycles. The van der Waals surface area contributed by atoms with Crippen LogP contribution in [0.25, 0.3) is 0 Å². The number of nitrogen functional groups attached to an aromatic ring is 1. The van der Waals surface area contributed by atoms with Crippen molar-refractivity contribution in [2.24, 2.45) is 10.8 Å². The first-order valence-electron chi connectivity index (χ1n) is 5.28. The van der Waals surface area contributed by atoms with Crippen molar-refractivity contribution in [2.75, 3.05) is 5.73 Å². The minimum absolute atomic E-state index is 0.128. The van der Waals surface area contributed by atoms with Gasteiger partial charge in [-0.15, -0.1) is 11.3 Å². The smallest absolute Gasteiger partial charge is 0.271 e. The molecular formula is C11H17N3OS. The Bertz CT molecular complexity index is 422. The molecule has 0 radical (unpaired) electrons. The van der Waals surface area contributed by atoms with E-state index in [1.54, 1.807) is 5.38 Å². The lowest BCUT2D eigenvalue weighted by molar-refractivity contribution is 0.0939. The summed E-state index contributed by atoms with van der Waals surface area (Å²) in [5.74, 6) is -0.128. The third-order valence-corrected chi connectivity index (χ3v) is 4.72. The van der Waals surface area contributed by atoms with Gasteiger partial charge in [-0.3, -0.25) is 4.79 Å². The highest BCUT2D eigenvalue weighted by molar-refractivity contribution is 7.13. The number of hydrogen-bond donors (Lipinski definition) is 2. The third kappa shape index (κ3) is 1.50. The molecule has 2 rings (SSSR count). The lowest BCUT2D eigenvalue weighted by Gasteiger charge is -2.04. The van der Waals surface area contributed by atoms with Crippen molar-refractivity contribution in [3.05, 3.63) is 11.1 Å². The molecule has 5 heteroatoms. The molecule has 0 aliphatic heterocycles. The van der Waals surface area contributed by atoms with E-state index >= 15 is 0 Å². The maximum atomic E-state index is 11.9. The van der Waals surface area contributed by atoms with Gasteiger partial charge in [-0.05, 0) is 10.8 Å². The van der Waals surface area contributed by atoms with Gasteiger partial charge < -0.3 is 11.1 Å². The second-order valence-electron chi connectivity index (χ2n) is 5.42. The van der Waals surface area contributed by atoms with Crippen molar-refractivity contribution in [1.82, 2.24) is 10.3 Å². The van der Waals surface area contributed by atoms with Crippen LogP contribution in [-0.2, 0) is 0 Å². The van der Waals surface area contributed by atoms with E-state index in [0.29, 0.717) is 10.8 Å². The topological polar surface area (TPSA) is 68.0 Å². The Morgan fingerprint density at radius 1 is 1.44 bits per heavy atom. The summed E-state index contributed by atoms with van der Waals surface area (Å²) in [7, 11) is 0. The number of hydrogen-bond acceptors (Lipinski definition) is 4. The van der Waals surface area contributed by atoms with Crippen molar-refractivity contribution in [2.45, 2.75) is 33.7 Å². The standard InChI is InChI=1S/C11H17N3OS/c1-10(2)8(11(10,3)4)14-7(15)6-5-16-9(12)13-6/h5,8H,1-4H3,(H2,12,13)(H,14,15). The number of anilines is 1. The van der Waals surface area contributed by atoms with Crippen LogP contribution in [0.2, 0.25) is 0 Å². The van der Waals surface area contributed by atoms with Crippen LogP contribution in [0.3, 0.4) is 0 Å². The normalized spacial score (nSPS) is 21.8. The monoisotopic (exact) mass is 239 g/mol. The Hall–Kier alpha value is -1.10. The molecule has 0 spiro atoms. The zero-order valence-corrected chi connectivity index (χ0v) is 10.8. The number of amides is 1. The van der Waals surface area contributed by atoms with Crippen LogP contribution in [0.5, 0.6) is 0 Å². The van der Waals surface area contributed by atoms with Crippen molar-refractivity contribution in [1.29, 1.82) is 0 Å². The maximum absolute atomic E-state index is 11.9. The average Bonchev–Trinajstić information content (AvgIpc) is 2.58. The molecular weight excluding hydrogens is 222 g/mol. The van der Waals surface area contributed by atoms with E-state index in [4.69, 9.17) is 5.73 Å². The van der Waals surface area contributed by atoms with Crippen LogP contribution < -0.4 is 11.1 Å². The number of aromatic nitrogens is 1. The number of nitrogens with two attached hydrogens (primary N) is 1. The number of nitrogens with one attached hydrogen (secondary N) is 1. The molecule has 0 bridgehead atoms. The fourth-order valence-corrected chi connectivity index (χ4v) is 2.70. The third-order valence-electron chi connectivity index (χ3n) is 4.05. The van der Waals surface area contributed by atoms with Crippen LogP contribution in [0, 0.1) is 10.8 Å². The molecule has 1 amide bonds. The lowest BCUT2D eigenvalue weighted by Crippen LogP contribution is -2.30. The minimum atomic E-state index is -0.128. The number of thiazole rings is 1. The quantitative estimate of drug-likeness (QED) is 0.828. The van der Waals surface area contributed by atoms with Gasteiger partial charge in [0.05, 0.1) is 0 Å². The van der Waals surface area contributed by atoms with Gasteiger partial charge in [-0.2, -0.15) is 0 Å². The second kappa shape index (κ2) is 3.20. The Labute approximate surface area is 99.3 Å². The Balaban J connectivity index is 2.06. The summed E-state index contributed by atoms with van der Waals surface area (Å²) in [5, 5.41) is 5.13. The first-order valence-corrected chi connectivity index (χ1v) is 6.16. The summed E-state index contributed by atoms with van der Waals surface area (Å²) < 4.78 is 0. The molecule has 3 N–H and O–H groups in total. The van der Waals surface area contributed by atoms with Gasteiger partial charge in [0.15, 0.2) is 5.13 Å². The van der Waals surface area contributed by atoms with Crippen LogP contribution >= 0.6 is 11.3 Å². The van der Waals surface area contributed by atoms with Crippen molar-refractivity contribution in [3.8, 4) is 0 Å². The highest BCUT2D eigenvalue weighted by Crippen LogP contribution is 2.62. The number of carbonyl (C=O) groups is 1. The largest absolute Gasteiger partial charge is 0.375 e. The highest BCUT2D eigenvalue weighted by atomic mass is 32.1. The van der Waals surface area contributed by atoms with Gasteiger partial charge in [-0.1, -0.05) is 27.7 Å². The molecule has 1 fully saturated rings. The van der Waals surface area contributed by atoms with Gasteiger partial charge in [0.2, 0.25) is 0 Å². The van der Waals surface area contributed by atoms with Crippen molar-refractivity contribution >= 4 is 22.4 Å². The van der Waals surface area contributed by atoms with E-state index in [0.717, 1.165) is 0 Å². The zero-order valence-electron chi connectivity index (χ0n) is 10.00. The molecule has 0 unspecified atom stereocenters. The summed E-state index contributed by atoms with van der Waals surface area (Å²) in [5.41, 5.74) is 6.20. The van der Waals surface area contributed by atoms with Gasteiger partial charge in [0.25, 0.3) is 5.91 Å². The summed E-state index contributed by atoms with van der Waals surface area (Å²) >= 11 is 1.29. The van der Waals surface area contributed by atoms with Gasteiger partial charge in [-0.25, -0.2) is 4.98 Å². The van der Waals surface area contributed by atoms with E-state index in [9.17, 15) is 4.79 Å². The molecule has 0 aromatic carbocycles. The fraction of sp³-hybridized carbons (Fsp3) is 0.636. The van der Waals surface area contributed by atoms with Crippen molar-refractivity contribution in [3.63, 3.8) is 0 Å². The molecule has 0 atom stereocenters. The number of rotatable bonds is 2. The summed E-state index contributed by atoms with van der Waals surface area (Å²) in [6, 6.07) is 0.204. The Morgan fingerprint density at radius 3 is 2.38 bits per heavy atom. The molecule has 1 aliphatic rings. The van der Waals surface area contributed by atoms with Crippen LogP contribution in [-0.4, -0.2) is 16.9 Å².